The van der Waals surface area contributed by atoms with Gasteiger partial charge in [0.1, 0.15) is 5.54 Å². The SMILES string of the molecule is CCn1nc(C)c2c1CCN(C(C)(C(N)=O)c1ccccc1)C2CCc1ccc(C)cc1. The quantitative estimate of drug-likeness (QED) is 0.602. The second kappa shape index (κ2) is 8.91. The van der Waals surface area contributed by atoms with Gasteiger partial charge in [-0.2, -0.15) is 5.10 Å². The molecule has 0 aliphatic carbocycles. The molecule has 3 aromatic rings. The summed E-state index contributed by atoms with van der Waals surface area (Å²) in [5, 5.41) is 4.84. The average molecular weight is 431 g/mol. The summed E-state index contributed by atoms with van der Waals surface area (Å²) in [5.41, 5.74) is 12.4. The van der Waals surface area contributed by atoms with E-state index in [1.54, 1.807) is 0 Å². The van der Waals surface area contributed by atoms with Crippen LogP contribution in [0.4, 0.5) is 0 Å². The highest BCUT2D eigenvalue weighted by molar-refractivity contribution is 5.86. The summed E-state index contributed by atoms with van der Waals surface area (Å²) < 4.78 is 2.13. The Morgan fingerprint density at radius 3 is 2.44 bits per heavy atom. The molecule has 0 saturated carbocycles. The number of benzene rings is 2. The highest BCUT2D eigenvalue weighted by Gasteiger charge is 2.46. The first-order chi connectivity index (χ1) is 15.4. The number of carbonyl (C=O) groups excluding carboxylic acids is 1. The first-order valence-electron chi connectivity index (χ1n) is 11.6. The third-order valence-electron chi connectivity index (χ3n) is 7.10. The average Bonchev–Trinajstić information content (AvgIpc) is 3.14. The van der Waals surface area contributed by atoms with Gasteiger partial charge in [0.15, 0.2) is 0 Å². The minimum atomic E-state index is -0.891. The van der Waals surface area contributed by atoms with Crippen LogP contribution in [0.3, 0.4) is 0 Å². The molecule has 0 radical (unpaired) electrons. The van der Waals surface area contributed by atoms with Gasteiger partial charge in [-0.25, -0.2) is 0 Å². The van der Waals surface area contributed by atoms with Crippen molar-refractivity contribution in [3.8, 4) is 0 Å². The van der Waals surface area contributed by atoms with Crippen molar-refractivity contribution in [2.75, 3.05) is 6.54 Å². The summed E-state index contributed by atoms with van der Waals surface area (Å²) >= 11 is 0. The van der Waals surface area contributed by atoms with Crippen molar-refractivity contribution in [2.24, 2.45) is 5.73 Å². The summed E-state index contributed by atoms with van der Waals surface area (Å²) in [5.74, 6) is -0.312. The Morgan fingerprint density at radius 1 is 1.12 bits per heavy atom. The molecule has 4 rings (SSSR count). The first kappa shape index (κ1) is 22.3. The molecule has 5 heteroatoms. The van der Waals surface area contributed by atoms with Gasteiger partial charge in [0, 0.05) is 36.8 Å². The molecule has 0 fully saturated rings. The van der Waals surface area contributed by atoms with Crippen LogP contribution in [0.25, 0.3) is 0 Å². The predicted molar refractivity (Wildman–Crippen MR) is 128 cm³/mol. The molecule has 0 spiro atoms. The normalized spacial score (nSPS) is 18.2. The second-order valence-corrected chi connectivity index (χ2v) is 9.05. The summed E-state index contributed by atoms with van der Waals surface area (Å²) in [6.07, 6.45) is 2.70. The third kappa shape index (κ3) is 3.86. The molecule has 0 bridgehead atoms. The lowest BCUT2D eigenvalue weighted by atomic mass is 9.82. The van der Waals surface area contributed by atoms with Crippen molar-refractivity contribution in [1.82, 2.24) is 14.7 Å². The predicted octanol–water partition coefficient (Wildman–Crippen LogP) is 4.45. The van der Waals surface area contributed by atoms with E-state index >= 15 is 0 Å². The molecule has 2 unspecified atom stereocenters. The zero-order valence-electron chi connectivity index (χ0n) is 19.6. The molecule has 2 aromatic carbocycles. The van der Waals surface area contributed by atoms with Crippen LogP contribution in [0.2, 0.25) is 0 Å². The van der Waals surface area contributed by atoms with E-state index in [-0.39, 0.29) is 11.9 Å². The van der Waals surface area contributed by atoms with E-state index in [1.165, 1.54) is 22.4 Å². The van der Waals surface area contributed by atoms with E-state index < -0.39 is 5.54 Å². The van der Waals surface area contributed by atoms with Gasteiger partial charge < -0.3 is 5.73 Å². The van der Waals surface area contributed by atoms with Crippen molar-refractivity contribution in [1.29, 1.82) is 0 Å². The van der Waals surface area contributed by atoms with Gasteiger partial charge in [-0.05, 0) is 51.7 Å². The Morgan fingerprint density at radius 2 is 1.81 bits per heavy atom. The maximum atomic E-state index is 13.0. The third-order valence-corrected chi connectivity index (χ3v) is 7.10. The first-order valence-corrected chi connectivity index (χ1v) is 11.6. The molecule has 32 heavy (non-hydrogen) atoms. The van der Waals surface area contributed by atoms with E-state index in [9.17, 15) is 4.79 Å². The summed E-state index contributed by atoms with van der Waals surface area (Å²) in [4.78, 5) is 15.3. The van der Waals surface area contributed by atoms with E-state index in [2.05, 4.69) is 54.6 Å². The summed E-state index contributed by atoms with van der Waals surface area (Å²) in [6, 6.07) is 18.8. The van der Waals surface area contributed by atoms with Crippen LogP contribution in [-0.2, 0) is 29.7 Å². The fourth-order valence-electron chi connectivity index (χ4n) is 5.25. The Kier molecular flexibility index (Phi) is 6.20. The van der Waals surface area contributed by atoms with Gasteiger partial charge in [-0.3, -0.25) is 14.4 Å². The minimum Gasteiger partial charge on any atom is -0.368 e. The van der Waals surface area contributed by atoms with E-state index in [4.69, 9.17) is 10.8 Å². The maximum Gasteiger partial charge on any atom is 0.242 e. The van der Waals surface area contributed by atoms with E-state index in [0.717, 1.165) is 43.6 Å². The molecule has 168 valence electrons. The number of amides is 1. The Hall–Kier alpha value is -2.92. The number of primary amides is 1. The lowest BCUT2D eigenvalue weighted by molar-refractivity contribution is -0.132. The lowest BCUT2D eigenvalue weighted by Gasteiger charge is -2.47. The Balaban J connectivity index is 1.78. The van der Waals surface area contributed by atoms with Crippen molar-refractivity contribution in [3.05, 3.63) is 88.2 Å². The fraction of sp³-hybridized carbons (Fsp3) is 0.407. The second-order valence-electron chi connectivity index (χ2n) is 9.05. The number of hydrogen-bond donors (Lipinski definition) is 1. The zero-order chi connectivity index (χ0) is 22.9. The highest BCUT2D eigenvalue weighted by atomic mass is 16.1. The molecule has 2 atom stereocenters. The van der Waals surface area contributed by atoms with Crippen LogP contribution in [0.1, 0.15) is 60.0 Å². The highest BCUT2D eigenvalue weighted by Crippen LogP contribution is 2.43. The maximum absolute atomic E-state index is 13.0. The van der Waals surface area contributed by atoms with Crippen LogP contribution in [-0.4, -0.2) is 27.1 Å². The van der Waals surface area contributed by atoms with Gasteiger partial charge in [-0.1, -0.05) is 60.2 Å². The smallest absolute Gasteiger partial charge is 0.242 e. The number of fused-ring (bicyclic) bond motifs is 1. The van der Waals surface area contributed by atoms with Gasteiger partial charge in [-0.15, -0.1) is 0 Å². The van der Waals surface area contributed by atoms with Crippen molar-refractivity contribution < 1.29 is 4.79 Å². The number of aryl methyl sites for hydroxylation is 4. The minimum absolute atomic E-state index is 0.0676. The number of carbonyl (C=O) groups is 1. The molecule has 0 saturated heterocycles. The fourth-order valence-corrected chi connectivity index (χ4v) is 5.25. The zero-order valence-corrected chi connectivity index (χ0v) is 19.6. The topological polar surface area (TPSA) is 64.2 Å². The van der Waals surface area contributed by atoms with E-state index in [1.807, 2.05) is 37.3 Å². The summed E-state index contributed by atoms with van der Waals surface area (Å²) in [6.45, 7) is 9.95. The Labute approximate surface area is 191 Å². The van der Waals surface area contributed by atoms with Crippen LogP contribution >= 0.6 is 0 Å². The number of rotatable bonds is 7. The molecule has 2 N–H and O–H groups in total. The Bertz CT molecular complexity index is 1090. The van der Waals surface area contributed by atoms with Gasteiger partial charge in [0.25, 0.3) is 0 Å². The lowest BCUT2D eigenvalue weighted by Crippen LogP contribution is -2.56. The number of nitrogens with two attached hydrogens (primary N) is 1. The molecular formula is C27H34N4O. The largest absolute Gasteiger partial charge is 0.368 e. The van der Waals surface area contributed by atoms with Crippen molar-refractivity contribution in [2.45, 2.75) is 65.1 Å². The van der Waals surface area contributed by atoms with Gasteiger partial charge in [0.2, 0.25) is 5.91 Å². The number of nitrogens with zero attached hydrogens (tertiary/aromatic N) is 3. The van der Waals surface area contributed by atoms with E-state index in [0.29, 0.717) is 0 Å². The molecule has 1 aliphatic heterocycles. The molecular weight excluding hydrogens is 396 g/mol. The number of aromatic nitrogens is 2. The molecule has 5 nitrogen and oxygen atoms in total. The van der Waals surface area contributed by atoms with Crippen LogP contribution in [0.15, 0.2) is 54.6 Å². The summed E-state index contributed by atoms with van der Waals surface area (Å²) in [7, 11) is 0. The van der Waals surface area contributed by atoms with Gasteiger partial charge in [0.05, 0.1) is 5.69 Å². The number of hydrogen-bond acceptors (Lipinski definition) is 3. The molecule has 1 amide bonds. The van der Waals surface area contributed by atoms with Crippen LogP contribution in [0.5, 0.6) is 0 Å². The standard InChI is InChI=1S/C27H34N4O/c1-5-31-24-17-18-30(27(4,26(28)32)22-9-7-6-8-10-22)23(25(24)20(3)29-31)16-15-21-13-11-19(2)12-14-21/h6-14,23H,5,15-18H2,1-4H3,(H2,28,32). The molecule has 1 aromatic heterocycles. The van der Waals surface area contributed by atoms with Crippen LogP contribution in [0, 0.1) is 13.8 Å². The monoisotopic (exact) mass is 430 g/mol. The molecule has 2 heterocycles. The molecule has 1 aliphatic rings. The van der Waals surface area contributed by atoms with Gasteiger partial charge >= 0.3 is 0 Å². The van der Waals surface area contributed by atoms with Crippen molar-refractivity contribution >= 4 is 5.91 Å². The van der Waals surface area contributed by atoms with Crippen molar-refractivity contribution in [3.63, 3.8) is 0 Å². The van der Waals surface area contributed by atoms with Crippen LogP contribution < -0.4 is 5.73 Å².